The molecule has 0 atom stereocenters. The molecule has 4 aromatic rings. The van der Waals surface area contributed by atoms with E-state index in [9.17, 15) is 22.9 Å². The third-order valence-electron chi connectivity index (χ3n) is 6.72. The second-order valence-corrected chi connectivity index (χ2v) is 11.8. The molecule has 3 N–H and O–H groups in total. The van der Waals surface area contributed by atoms with E-state index >= 15 is 0 Å². The van der Waals surface area contributed by atoms with Crippen LogP contribution in [0.3, 0.4) is 0 Å². The van der Waals surface area contributed by atoms with Crippen LogP contribution in [0.1, 0.15) is 25.1 Å². The summed E-state index contributed by atoms with van der Waals surface area (Å²) in [7, 11) is -5.42. The van der Waals surface area contributed by atoms with Crippen molar-refractivity contribution in [3.63, 3.8) is 0 Å². The number of pyridine rings is 2. The lowest BCUT2D eigenvalue weighted by Gasteiger charge is -2.22. The van der Waals surface area contributed by atoms with Crippen LogP contribution in [-0.2, 0) is 15.3 Å². The highest BCUT2D eigenvalue weighted by Gasteiger charge is 2.37. The molecule has 5 rings (SSSR count). The van der Waals surface area contributed by atoms with Crippen LogP contribution in [0.5, 0.6) is 0 Å². The Morgan fingerprint density at radius 2 is 1.83 bits per heavy atom. The molecule has 184 valence electrons. The summed E-state index contributed by atoms with van der Waals surface area (Å²) in [5, 5.41) is 24.6. The monoisotopic (exact) mass is 505 g/mol. The Bertz CT molecular complexity index is 1660. The fourth-order valence-corrected chi connectivity index (χ4v) is 5.86. The van der Waals surface area contributed by atoms with Gasteiger partial charge in [0.15, 0.2) is 9.84 Å². The molecule has 0 fully saturated rings. The van der Waals surface area contributed by atoms with Crippen molar-refractivity contribution in [1.29, 1.82) is 0 Å². The molecule has 0 spiro atoms. The van der Waals surface area contributed by atoms with Crippen LogP contribution in [0, 0.1) is 12.7 Å². The van der Waals surface area contributed by atoms with Gasteiger partial charge in [-0.25, -0.2) is 17.8 Å². The number of anilines is 1. The van der Waals surface area contributed by atoms with Gasteiger partial charge in [0.25, 0.3) is 0 Å². The third kappa shape index (κ3) is 3.86. The topological polar surface area (TPSA) is 112 Å². The second-order valence-electron chi connectivity index (χ2n) is 9.81. The predicted octanol–water partition coefficient (Wildman–Crippen LogP) is 3.20. The van der Waals surface area contributed by atoms with Crippen molar-refractivity contribution in [2.75, 3.05) is 18.1 Å². The number of nitrogens with one attached hydrogen (secondary N) is 1. The van der Waals surface area contributed by atoms with Crippen molar-refractivity contribution >= 4 is 39.0 Å². The van der Waals surface area contributed by atoms with Crippen molar-refractivity contribution < 1.29 is 22.9 Å². The summed E-state index contributed by atoms with van der Waals surface area (Å²) >= 11 is 0. The van der Waals surface area contributed by atoms with Crippen LogP contribution in [0.15, 0.2) is 53.6 Å². The Labute approximate surface area is 209 Å². The molecule has 0 bridgehead atoms. The van der Waals surface area contributed by atoms with Gasteiger partial charge in [0.2, 0.25) is 0 Å². The first-order chi connectivity index (χ1) is 16.9. The quantitative estimate of drug-likeness (QED) is 0.365. The Hall–Kier alpha value is -3.34. The maximum absolute atomic E-state index is 14.4. The van der Waals surface area contributed by atoms with Gasteiger partial charge >= 0.3 is 7.12 Å². The molecule has 2 aromatic carbocycles. The number of hydrogen-bond acceptors (Lipinski definition) is 7. The molecule has 3 heterocycles. The number of nitrogens with zero attached hydrogens (tertiary/aromatic N) is 2. The van der Waals surface area contributed by atoms with Crippen LogP contribution in [0.2, 0.25) is 0 Å². The molecule has 0 radical (unpaired) electrons. The van der Waals surface area contributed by atoms with Gasteiger partial charge in [0.1, 0.15) is 5.82 Å². The Morgan fingerprint density at radius 1 is 1.11 bits per heavy atom. The fourth-order valence-electron chi connectivity index (χ4n) is 4.97. The molecule has 7 nitrogen and oxygen atoms in total. The highest BCUT2D eigenvalue weighted by Crippen LogP contribution is 2.45. The van der Waals surface area contributed by atoms with Gasteiger partial charge in [-0.1, -0.05) is 32.0 Å². The van der Waals surface area contributed by atoms with Crippen molar-refractivity contribution in [2.24, 2.45) is 0 Å². The summed E-state index contributed by atoms with van der Waals surface area (Å²) in [6.45, 7) is 6.48. The number of sulfone groups is 1. The zero-order valence-corrected chi connectivity index (χ0v) is 21.1. The van der Waals surface area contributed by atoms with Gasteiger partial charge in [-0.3, -0.25) is 4.98 Å². The molecule has 0 aliphatic carbocycles. The largest absolute Gasteiger partial charge is 0.490 e. The lowest BCUT2D eigenvalue weighted by atomic mass is 9.73. The van der Waals surface area contributed by atoms with E-state index in [1.54, 1.807) is 31.2 Å². The molecule has 1 aliphatic heterocycles. The van der Waals surface area contributed by atoms with E-state index in [4.69, 9.17) is 4.98 Å². The van der Waals surface area contributed by atoms with E-state index in [-0.39, 0.29) is 15.8 Å². The minimum atomic E-state index is -3.60. The maximum Gasteiger partial charge on any atom is 0.490 e. The first-order valence-electron chi connectivity index (χ1n) is 11.4. The highest BCUT2D eigenvalue weighted by molar-refractivity contribution is 7.90. The van der Waals surface area contributed by atoms with Crippen LogP contribution >= 0.6 is 0 Å². The van der Waals surface area contributed by atoms with Crippen LogP contribution in [0.25, 0.3) is 33.3 Å². The van der Waals surface area contributed by atoms with Crippen LogP contribution in [0.4, 0.5) is 10.1 Å². The van der Waals surface area contributed by atoms with Gasteiger partial charge in [-0.05, 0) is 36.2 Å². The number of benzene rings is 2. The first kappa shape index (κ1) is 24.4. The van der Waals surface area contributed by atoms with Gasteiger partial charge < -0.3 is 15.4 Å². The van der Waals surface area contributed by atoms with Crippen LogP contribution < -0.4 is 10.8 Å². The molecule has 36 heavy (non-hydrogen) atoms. The van der Waals surface area contributed by atoms with Crippen molar-refractivity contribution in [3.05, 3.63) is 65.7 Å². The summed E-state index contributed by atoms with van der Waals surface area (Å²) in [6, 6.07) is 10.8. The lowest BCUT2D eigenvalue weighted by molar-refractivity contribution is 0.425. The van der Waals surface area contributed by atoms with E-state index in [1.165, 1.54) is 24.4 Å². The van der Waals surface area contributed by atoms with E-state index < -0.39 is 22.8 Å². The molecule has 10 heteroatoms. The number of hydrogen-bond donors (Lipinski definition) is 3. The minimum absolute atomic E-state index is 0.101. The molecule has 1 aliphatic rings. The number of halogens is 1. The average molecular weight is 505 g/mol. The molecular formula is C26H25BFN3O4S. The van der Waals surface area contributed by atoms with Crippen molar-refractivity contribution in [3.8, 4) is 22.4 Å². The Morgan fingerprint density at radius 3 is 2.53 bits per heavy atom. The summed E-state index contributed by atoms with van der Waals surface area (Å²) in [5.74, 6) is -0.492. The molecule has 0 unspecified atom stereocenters. The Kier molecular flexibility index (Phi) is 5.66. The molecular weight excluding hydrogens is 480 g/mol. The Balaban J connectivity index is 1.97. The lowest BCUT2D eigenvalue weighted by Crippen LogP contribution is -2.33. The smallest absolute Gasteiger partial charge is 0.423 e. The van der Waals surface area contributed by atoms with E-state index in [0.717, 1.165) is 11.9 Å². The van der Waals surface area contributed by atoms with E-state index in [0.29, 0.717) is 51.1 Å². The summed E-state index contributed by atoms with van der Waals surface area (Å²) < 4.78 is 39.6. The van der Waals surface area contributed by atoms with Gasteiger partial charge in [-0.15, -0.1) is 0 Å². The average Bonchev–Trinajstić information content (AvgIpc) is 3.12. The van der Waals surface area contributed by atoms with Crippen molar-refractivity contribution in [2.45, 2.75) is 31.1 Å². The van der Waals surface area contributed by atoms with Gasteiger partial charge in [-0.2, -0.15) is 0 Å². The number of rotatable bonds is 4. The highest BCUT2D eigenvalue weighted by atomic mass is 32.2. The molecule has 2 aromatic heterocycles. The molecule has 0 saturated carbocycles. The zero-order chi connectivity index (χ0) is 26.0. The van der Waals surface area contributed by atoms with Crippen LogP contribution in [-0.4, -0.2) is 48.4 Å². The number of aromatic nitrogens is 2. The second kappa shape index (κ2) is 8.36. The summed E-state index contributed by atoms with van der Waals surface area (Å²) in [6.07, 6.45) is 2.58. The number of fused-ring (bicyclic) bond motifs is 2. The minimum Gasteiger partial charge on any atom is -0.423 e. The van der Waals surface area contributed by atoms with E-state index in [2.05, 4.69) is 10.3 Å². The van der Waals surface area contributed by atoms with Gasteiger partial charge in [0.05, 0.1) is 27.5 Å². The predicted molar refractivity (Wildman–Crippen MR) is 140 cm³/mol. The van der Waals surface area contributed by atoms with E-state index in [1.807, 2.05) is 13.8 Å². The van der Waals surface area contributed by atoms with Crippen molar-refractivity contribution in [1.82, 2.24) is 9.97 Å². The normalized spacial score (nSPS) is 14.5. The first-order valence-corrected chi connectivity index (χ1v) is 13.3. The SMILES string of the molecule is Cc1c(-c2ccccc2S(C)(=O)=O)nc2cc(F)ccc2c1-c1c(B(O)O)cnc2c1NCC2(C)C. The van der Waals surface area contributed by atoms with Gasteiger partial charge in [0, 0.05) is 52.5 Å². The third-order valence-corrected chi connectivity index (χ3v) is 7.87. The fraction of sp³-hybridized carbons (Fsp3) is 0.231. The summed E-state index contributed by atoms with van der Waals surface area (Å²) in [4.78, 5) is 9.33. The molecule has 0 amide bonds. The molecule has 0 saturated heterocycles. The standard InChI is InChI=1S/C26H25BFN3O4S/c1-14-21(22-18(27(32)33)12-29-25-24(22)30-13-26(25,2)3)16-10-9-15(28)11-19(16)31-23(14)17-7-5-6-8-20(17)36(4,34)35/h5-12,30,32-33H,13H2,1-4H3. The zero-order valence-electron chi connectivity index (χ0n) is 20.3. The maximum atomic E-state index is 14.4. The summed E-state index contributed by atoms with van der Waals surface area (Å²) in [5.41, 5.74) is 4.11.